The van der Waals surface area contributed by atoms with E-state index in [9.17, 15) is 4.79 Å². The first-order valence-corrected chi connectivity index (χ1v) is 7.64. The van der Waals surface area contributed by atoms with Crippen LogP contribution in [-0.2, 0) is 17.8 Å². The largest absolute Gasteiger partial charge is 0.337 e. The van der Waals surface area contributed by atoms with Crippen LogP contribution in [-0.4, -0.2) is 33.0 Å². The molecule has 0 radical (unpaired) electrons. The first kappa shape index (κ1) is 14.4. The SMILES string of the molecule is CN(Cc1nc(-c2ccncc2)no1)C(=O)Cc1ccsc1. The second kappa shape index (κ2) is 6.48. The lowest BCUT2D eigenvalue weighted by molar-refractivity contribution is -0.130. The summed E-state index contributed by atoms with van der Waals surface area (Å²) < 4.78 is 5.20. The van der Waals surface area contributed by atoms with Crippen molar-refractivity contribution in [1.82, 2.24) is 20.0 Å². The Labute approximate surface area is 131 Å². The normalized spacial score (nSPS) is 10.6. The smallest absolute Gasteiger partial charge is 0.246 e. The van der Waals surface area contributed by atoms with Crippen LogP contribution in [0.1, 0.15) is 11.5 Å². The van der Waals surface area contributed by atoms with Crippen LogP contribution in [0.25, 0.3) is 11.4 Å². The summed E-state index contributed by atoms with van der Waals surface area (Å²) in [4.78, 5) is 22.0. The van der Waals surface area contributed by atoms with Crippen molar-refractivity contribution >= 4 is 17.2 Å². The second-order valence-corrected chi connectivity index (χ2v) is 5.59. The van der Waals surface area contributed by atoms with Gasteiger partial charge in [0.2, 0.25) is 17.6 Å². The molecule has 3 aromatic heterocycles. The first-order chi connectivity index (χ1) is 10.7. The molecule has 7 heteroatoms. The van der Waals surface area contributed by atoms with Gasteiger partial charge in [0.05, 0.1) is 13.0 Å². The zero-order chi connectivity index (χ0) is 15.4. The minimum absolute atomic E-state index is 0.0158. The van der Waals surface area contributed by atoms with Gasteiger partial charge in [0.15, 0.2) is 0 Å². The molecule has 0 aliphatic heterocycles. The number of thiophene rings is 1. The monoisotopic (exact) mass is 314 g/mol. The Kier molecular flexibility index (Phi) is 4.24. The molecule has 112 valence electrons. The summed E-state index contributed by atoms with van der Waals surface area (Å²) in [5.74, 6) is 0.922. The molecule has 0 N–H and O–H groups in total. The molecule has 0 aliphatic rings. The number of amides is 1. The van der Waals surface area contributed by atoms with Crippen molar-refractivity contribution in [1.29, 1.82) is 0 Å². The van der Waals surface area contributed by atoms with Crippen LogP contribution in [0.3, 0.4) is 0 Å². The zero-order valence-electron chi connectivity index (χ0n) is 12.0. The highest BCUT2D eigenvalue weighted by Gasteiger charge is 2.15. The number of pyridine rings is 1. The fraction of sp³-hybridized carbons (Fsp3) is 0.200. The van der Waals surface area contributed by atoms with E-state index in [1.807, 2.05) is 16.8 Å². The molecule has 0 aromatic carbocycles. The van der Waals surface area contributed by atoms with Crippen LogP contribution < -0.4 is 0 Å². The van der Waals surface area contributed by atoms with Crippen LogP contribution >= 0.6 is 11.3 Å². The maximum absolute atomic E-state index is 12.1. The van der Waals surface area contributed by atoms with Crippen molar-refractivity contribution in [3.63, 3.8) is 0 Å². The van der Waals surface area contributed by atoms with E-state index in [1.54, 1.807) is 47.8 Å². The summed E-state index contributed by atoms with van der Waals surface area (Å²) in [6, 6.07) is 5.56. The molecule has 22 heavy (non-hydrogen) atoms. The maximum Gasteiger partial charge on any atom is 0.246 e. The molecule has 0 unspecified atom stereocenters. The van der Waals surface area contributed by atoms with Crippen LogP contribution in [0.4, 0.5) is 0 Å². The van der Waals surface area contributed by atoms with Crippen molar-refractivity contribution in [3.8, 4) is 11.4 Å². The highest BCUT2D eigenvalue weighted by Crippen LogP contribution is 2.15. The number of likely N-dealkylation sites (N-methyl/N-ethyl adjacent to an activating group) is 1. The third-order valence-corrected chi connectivity index (χ3v) is 3.87. The van der Waals surface area contributed by atoms with Crippen LogP contribution in [0, 0.1) is 0 Å². The third-order valence-electron chi connectivity index (χ3n) is 3.14. The van der Waals surface area contributed by atoms with E-state index in [0.29, 0.717) is 24.7 Å². The number of carbonyl (C=O) groups is 1. The molecule has 0 atom stereocenters. The molecule has 0 spiro atoms. The fourth-order valence-corrected chi connectivity index (χ4v) is 2.60. The molecule has 0 saturated carbocycles. The van der Waals surface area contributed by atoms with Crippen molar-refractivity contribution in [2.75, 3.05) is 7.05 Å². The summed E-state index contributed by atoms with van der Waals surface area (Å²) in [6.45, 7) is 0.293. The van der Waals surface area contributed by atoms with Gasteiger partial charge in [-0.3, -0.25) is 9.78 Å². The van der Waals surface area contributed by atoms with E-state index >= 15 is 0 Å². The topological polar surface area (TPSA) is 72.1 Å². The van der Waals surface area contributed by atoms with Gasteiger partial charge < -0.3 is 9.42 Å². The second-order valence-electron chi connectivity index (χ2n) is 4.81. The lowest BCUT2D eigenvalue weighted by atomic mass is 10.2. The molecule has 3 rings (SSSR count). The molecule has 0 aliphatic carbocycles. The van der Waals surface area contributed by atoms with Crippen LogP contribution in [0.5, 0.6) is 0 Å². The molecule has 6 nitrogen and oxygen atoms in total. The molecule has 3 aromatic rings. The Morgan fingerprint density at radius 2 is 2.14 bits per heavy atom. The standard InChI is InChI=1S/C15H14N4O2S/c1-19(14(20)8-11-4-7-22-10-11)9-13-17-15(18-21-13)12-2-5-16-6-3-12/h2-7,10H,8-9H2,1H3. The average Bonchev–Trinajstić information content (AvgIpc) is 3.20. The van der Waals surface area contributed by atoms with Gasteiger partial charge in [0.1, 0.15) is 0 Å². The summed E-state index contributed by atoms with van der Waals surface area (Å²) in [6.07, 6.45) is 3.72. The quantitative estimate of drug-likeness (QED) is 0.723. The van der Waals surface area contributed by atoms with Gasteiger partial charge >= 0.3 is 0 Å². The molecule has 3 heterocycles. The fourth-order valence-electron chi connectivity index (χ4n) is 1.93. The molecule has 1 amide bonds. The highest BCUT2D eigenvalue weighted by atomic mass is 32.1. The Bertz CT molecular complexity index is 740. The van der Waals surface area contributed by atoms with Crippen LogP contribution in [0.15, 0.2) is 45.9 Å². The predicted molar refractivity (Wildman–Crippen MR) is 82.0 cm³/mol. The number of carbonyl (C=O) groups excluding carboxylic acids is 1. The Morgan fingerprint density at radius 1 is 1.32 bits per heavy atom. The minimum Gasteiger partial charge on any atom is -0.337 e. The summed E-state index contributed by atoms with van der Waals surface area (Å²) in [5, 5.41) is 7.86. The Hall–Kier alpha value is -2.54. The van der Waals surface area contributed by atoms with Crippen molar-refractivity contribution in [3.05, 3.63) is 52.8 Å². The number of rotatable bonds is 5. The van der Waals surface area contributed by atoms with Crippen molar-refractivity contribution in [2.24, 2.45) is 0 Å². The lowest BCUT2D eigenvalue weighted by Gasteiger charge is -2.13. The molecular weight excluding hydrogens is 300 g/mol. The average molecular weight is 314 g/mol. The number of hydrogen-bond acceptors (Lipinski definition) is 6. The molecule has 0 bridgehead atoms. The van der Waals surface area contributed by atoms with E-state index in [2.05, 4.69) is 15.1 Å². The lowest BCUT2D eigenvalue weighted by Crippen LogP contribution is -2.27. The zero-order valence-corrected chi connectivity index (χ0v) is 12.8. The van der Waals surface area contributed by atoms with E-state index in [-0.39, 0.29) is 5.91 Å². The molecular formula is C15H14N4O2S. The van der Waals surface area contributed by atoms with Crippen molar-refractivity contribution in [2.45, 2.75) is 13.0 Å². The van der Waals surface area contributed by atoms with E-state index in [0.717, 1.165) is 11.1 Å². The van der Waals surface area contributed by atoms with Gasteiger partial charge in [-0.05, 0) is 34.5 Å². The van der Waals surface area contributed by atoms with Gasteiger partial charge in [0.25, 0.3) is 0 Å². The molecule has 0 fully saturated rings. The van der Waals surface area contributed by atoms with Crippen molar-refractivity contribution < 1.29 is 9.32 Å². The van der Waals surface area contributed by atoms with Gasteiger partial charge in [-0.25, -0.2) is 0 Å². The Morgan fingerprint density at radius 3 is 2.86 bits per heavy atom. The maximum atomic E-state index is 12.1. The van der Waals surface area contributed by atoms with Gasteiger partial charge in [-0.15, -0.1) is 0 Å². The highest BCUT2D eigenvalue weighted by molar-refractivity contribution is 7.07. The third kappa shape index (κ3) is 3.37. The minimum atomic E-state index is 0.0158. The van der Waals surface area contributed by atoms with E-state index < -0.39 is 0 Å². The van der Waals surface area contributed by atoms with Gasteiger partial charge in [-0.1, -0.05) is 5.16 Å². The summed E-state index contributed by atoms with van der Waals surface area (Å²) in [5.41, 5.74) is 1.85. The number of aromatic nitrogens is 3. The predicted octanol–water partition coefficient (Wildman–Crippen LogP) is 2.39. The first-order valence-electron chi connectivity index (χ1n) is 6.70. The van der Waals surface area contributed by atoms with Gasteiger partial charge in [-0.2, -0.15) is 16.3 Å². The summed E-state index contributed by atoms with van der Waals surface area (Å²) >= 11 is 1.58. The Balaban J connectivity index is 1.63. The van der Waals surface area contributed by atoms with E-state index in [1.165, 1.54) is 0 Å². The van der Waals surface area contributed by atoms with Crippen LogP contribution in [0.2, 0.25) is 0 Å². The number of nitrogens with zero attached hydrogens (tertiary/aromatic N) is 4. The molecule has 0 saturated heterocycles. The number of hydrogen-bond donors (Lipinski definition) is 0. The van der Waals surface area contributed by atoms with Gasteiger partial charge in [0, 0.05) is 25.0 Å². The summed E-state index contributed by atoms with van der Waals surface area (Å²) in [7, 11) is 1.73. The van der Waals surface area contributed by atoms with E-state index in [4.69, 9.17) is 4.52 Å².